The summed E-state index contributed by atoms with van der Waals surface area (Å²) in [6.45, 7) is 1.06. The second-order valence-corrected chi connectivity index (χ2v) is 6.35. The highest BCUT2D eigenvalue weighted by Gasteiger charge is 2.43. The van der Waals surface area contributed by atoms with Gasteiger partial charge >= 0.3 is 0 Å². The van der Waals surface area contributed by atoms with Crippen molar-refractivity contribution in [1.82, 2.24) is 0 Å². The Labute approximate surface area is 123 Å². The third-order valence-electron chi connectivity index (χ3n) is 5.05. The number of nitrogen functional groups attached to an aromatic ring is 1. The summed E-state index contributed by atoms with van der Waals surface area (Å²) < 4.78 is 11.0. The van der Waals surface area contributed by atoms with Gasteiger partial charge in [-0.1, -0.05) is 6.42 Å². The predicted octanol–water partition coefficient (Wildman–Crippen LogP) is 2.41. The fraction of sp³-hybridized carbons (Fsp3) is 0.562. The van der Waals surface area contributed by atoms with Gasteiger partial charge < -0.3 is 20.5 Å². The van der Waals surface area contributed by atoms with E-state index < -0.39 is 0 Å². The van der Waals surface area contributed by atoms with Gasteiger partial charge in [-0.2, -0.15) is 0 Å². The van der Waals surface area contributed by atoms with Crippen LogP contribution in [0, 0.1) is 17.8 Å². The molecule has 0 radical (unpaired) electrons. The molecule has 5 heteroatoms. The number of benzene rings is 1. The van der Waals surface area contributed by atoms with E-state index in [1.54, 1.807) is 12.1 Å². The van der Waals surface area contributed by atoms with Crippen LogP contribution < -0.4 is 20.5 Å². The fourth-order valence-corrected chi connectivity index (χ4v) is 4.00. The summed E-state index contributed by atoms with van der Waals surface area (Å²) >= 11 is 0. The summed E-state index contributed by atoms with van der Waals surface area (Å²) in [5.41, 5.74) is 7.17. The van der Waals surface area contributed by atoms with Crippen LogP contribution >= 0.6 is 0 Å². The minimum absolute atomic E-state index is 0.102. The average Bonchev–Trinajstić information content (AvgIpc) is 3.10. The van der Waals surface area contributed by atoms with Crippen molar-refractivity contribution in [1.29, 1.82) is 0 Å². The number of rotatable bonds is 2. The molecule has 3 N–H and O–H groups in total. The van der Waals surface area contributed by atoms with Crippen LogP contribution in [0.4, 0.5) is 11.4 Å². The van der Waals surface area contributed by atoms with Crippen LogP contribution in [0.3, 0.4) is 0 Å². The first-order chi connectivity index (χ1) is 10.2. The molecule has 21 heavy (non-hydrogen) atoms. The Bertz CT molecular complexity index is 587. The molecule has 4 rings (SSSR count). The molecule has 3 atom stereocenters. The van der Waals surface area contributed by atoms with Crippen LogP contribution in [0.25, 0.3) is 0 Å². The number of hydrogen-bond donors (Lipinski definition) is 2. The van der Waals surface area contributed by atoms with Crippen LogP contribution in [-0.4, -0.2) is 19.1 Å². The van der Waals surface area contributed by atoms with E-state index in [2.05, 4.69) is 5.32 Å². The van der Waals surface area contributed by atoms with E-state index in [0.29, 0.717) is 42.0 Å². The lowest BCUT2D eigenvalue weighted by Crippen LogP contribution is -2.27. The molecule has 3 aliphatic rings. The zero-order valence-corrected chi connectivity index (χ0v) is 11.9. The number of hydrogen-bond acceptors (Lipinski definition) is 4. The lowest BCUT2D eigenvalue weighted by atomic mass is 9.88. The molecule has 1 aromatic carbocycles. The highest BCUT2D eigenvalue weighted by molar-refractivity contribution is 5.96. The molecule has 1 heterocycles. The van der Waals surface area contributed by atoms with Gasteiger partial charge in [0.25, 0.3) is 0 Å². The molecule has 1 amide bonds. The largest absolute Gasteiger partial charge is 0.486 e. The smallest absolute Gasteiger partial charge is 0.227 e. The van der Waals surface area contributed by atoms with Crippen molar-refractivity contribution in [2.24, 2.45) is 17.8 Å². The van der Waals surface area contributed by atoms with Crippen LogP contribution in [0.15, 0.2) is 12.1 Å². The standard InChI is InChI=1S/C16H20N2O3/c17-12-7-14-15(21-4-3-20-14)8-13(12)18-16(19)11-6-9-1-2-10(11)5-9/h7-11H,1-6,17H2,(H,18,19). The molecular formula is C16H20N2O3. The lowest BCUT2D eigenvalue weighted by molar-refractivity contribution is -0.121. The third kappa shape index (κ3) is 2.20. The first kappa shape index (κ1) is 12.8. The Morgan fingerprint density at radius 3 is 2.57 bits per heavy atom. The number of anilines is 2. The Balaban J connectivity index is 1.53. The molecular weight excluding hydrogens is 268 g/mol. The van der Waals surface area contributed by atoms with E-state index in [9.17, 15) is 4.79 Å². The molecule has 2 saturated carbocycles. The Hall–Kier alpha value is -1.91. The van der Waals surface area contributed by atoms with Crippen molar-refractivity contribution in [3.8, 4) is 11.5 Å². The number of fused-ring (bicyclic) bond motifs is 3. The average molecular weight is 288 g/mol. The summed E-state index contributed by atoms with van der Waals surface area (Å²) in [4.78, 5) is 12.5. The molecule has 5 nitrogen and oxygen atoms in total. The number of amides is 1. The predicted molar refractivity (Wildman–Crippen MR) is 79.4 cm³/mol. The number of carbonyl (C=O) groups excluding carboxylic acids is 1. The topological polar surface area (TPSA) is 73.6 Å². The minimum Gasteiger partial charge on any atom is -0.486 e. The van der Waals surface area contributed by atoms with Crippen molar-refractivity contribution < 1.29 is 14.3 Å². The van der Waals surface area contributed by atoms with Gasteiger partial charge in [0.2, 0.25) is 5.91 Å². The molecule has 1 aliphatic heterocycles. The SMILES string of the molecule is Nc1cc2c(cc1NC(=O)C1CC3CCC1C3)OCCO2. The first-order valence-electron chi connectivity index (χ1n) is 7.70. The van der Waals surface area contributed by atoms with Crippen molar-refractivity contribution in [3.63, 3.8) is 0 Å². The van der Waals surface area contributed by atoms with E-state index in [1.165, 1.54) is 19.3 Å². The van der Waals surface area contributed by atoms with E-state index in [0.717, 1.165) is 12.3 Å². The summed E-state index contributed by atoms with van der Waals surface area (Å²) in [5.74, 6) is 2.87. The Kier molecular flexibility index (Phi) is 2.94. The number of nitrogens with one attached hydrogen (secondary N) is 1. The maximum Gasteiger partial charge on any atom is 0.227 e. The highest BCUT2D eigenvalue weighted by Crippen LogP contribution is 2.48. The van der Waals surface area contributed by atoms with Gasteiger partial charge in [0.1, 0.15) is 13.2 Å². The zero-order valence-electron chi connectivity index (χ0n) is 11.9. The van der Waals surface area contributed by atoms with Gasteiger partial charge in [-0.3, -0.25) is 4.79 Å². The van der Waals surface area contributed by atoms with Gasteiger partial charge in [0, 0.05) is 18.1 Å². The van der Waals surface area contributed by atoms with Gasteiger partial charge in [-0.25, -0.2) is 0 Å². The maximum atomic E-state index is 12.5. The maximum absolute atomic E-state index is 12.5. The Morgan fingerprint density at radius 2 is 1.90 bits per heavy atom. The van der Waals surface area contributed by atoms with E-state index in [4.69, 9.17) is 15.2 Å². The van der Waals surface area contributed by atoms with Crippen molar-refractivity contribution >= 4 is 17.3 Å². The monoisotopic (exact) mass is 288 g/mol. The van der Waals surface area contributed by atoms with Gasteiger partial charge in [0.05, 0.1) is 11.4 Å². The molecule has 1 aromatic rings. The second-order valence-electron chi connectivity index (χ2n) is 6.35. The number of nitrogens with two attached hydrogens (primary N) is 1. The number of carbonyl (C=O) groups is 1. The molecule has 0 spiro atoms. The minimum atomic E-state index is 0.102. The van der Waals surface area contributed by atoms with E-state index >= 15 is 0 Å². The van der Waals surface area contributed by atoms with Crippen LogP contribution in [-0.2, 0) is 4.79 Å². The van der Waals surface area contributed by atoms with Crippen molar-refractivity contribution in [3.05, 3.63) is 12.1 Å². The fourth-order valence-electron chi connectivity index (χ4n) is 4.00. The van der Waals surface area contributed by atoms with E-state index in [1.807, 2.05) is 0 Å². The first-order valence-corrected chi connectivity index (χ1v) is 7.70. The summed E-state index contributed by atoms with van der Waals surface area (Å²) in [6.07, 6.45) is 4.73. The molecule has 2 bridgehead atoms. The summed E-state index contributed by atoms with van der Waals surface area (Å²) in [6, 6.07) is 3.50. The molecule has 0 saturated heterocycles. The normalized spacial score (nSPS) is 29.4. The molecule has 0 aromatic heterocycles. The summed E-state index contributed by atoms with van der Waals surface area (Å²) in [5, 5.41) is 2.99. The van der Waals surface area contributed by atoms with Crippen molar-refractivity contribution in [2.75, 3.05) is 24.3 Å². The van der Waals surface area contributed by atoms with Gasteiger partial charge in [-0.05, 0) is 31.1 Å². The lowest BCUT2D eigenvalue weighted by Gasteiger charge is -2.23. The molecule has 2 aliphatic carbocycles. The van der Waals surface area contributed by atoms with Crippen LogP contribution in [0.5, 0.6) is 11.5 Å². The summed E-state index contributed by atoms with van der Waals surface area (Å²) in [7, 11) is 0. The third-order valence-corrected chi connectivity index (χ3v) is 5.05. The Morgan fingerprint density at radius 1 is 1.14 bits per heavy atom. The van der Waals surface area contributed by atoms with E-state index in [-0.39, 0.29) is 11.8 Å². The molecule has 3 unspecified atom stereocenters. The van der Waals surface area contributed by atoms with Crippen LogP contribution in [0.1, 0.15) is 25.7 Å². The van der Waals surface area contributed by atoms with Gasteiger partial charge in [-0.15, -0.1) is 0 Å². The van der Waals surface area contributed by atoms with Crippen LogP contribution in [0.2, 0.25) is 0 Å². The van der Waals surface area contributed by atoms with Gasteiger partial charge in [0.15, 0.2) is 11.5 Å². The molecule has 112 valence electrons. The number of ether oxygens (including phenoxy) is 2. The zero-order chi connectivity index (χ0) is 14.4. The highest BCUT2D eigenvalue weighted by atomic mass is 16.6. The second kappa shape index (κ2) is 4.83. The quantitative estimate of drug-likeness (QED) is 0.820. The van der Waals surface area contributed by atoms with Crippen molar-refractivity contribution in [2.45, 2.75) is 25.7 Å². The molecule has 2 fully saturated rings.